The molecule has 0 fully saturated rings. The number of nitrogens with zero attached hydrogens (tertiary/aromatic N) is 2. The van der Waals surface area contributed by atoms with E-state index in [9.17, 15) is 4.79 Å². The van der Waals surface area contributed by atoms with E-state index < -0.39 is 5.41 Å². The number of carbonyl (C=O) groups is 1. The second-order valence-electron chi connectivity index (χ2n) is 6.69. The largest absolute Gasteiger partial charge is 0.497 e. The number of amides is 1. The minimum Gasteiger partial charge on any atom is -0.497 e. The van der Waals surface area contributed by atoms with Crippen molar-refractivity contribution in [3.8, 4) is 17.1 Å². The van der Waals surface area contributed by atoms with Crippen molar-refractivity contribution in [2.45, 2.75) is 19.3 Å². The summed E-state index contributed by atoms with van der Waals surface area (Å²) in [5, 5.41) is 0. The molecule has 0 unspecified atom stereocenters. The van der Waals surface area contributed by atoms with Gasteiger partial charge in [-0.3, -0.25) is 4.79 Å². The molecule has 0 spiro atoms. The van der Waals surface area contributed by atoms with Crippen LogP contribution in [0.5, 0.6) is 5.75 Å². The summed E-state index contributed by atoms with van der Waals surface area (Å²) in [6.07, 6.45) is 0. The van der Waals surface area contributed by atoms with E-state index >= 15 is 0 Å². The van der Waals surface area contributed by atoms with Gasteiger partial charge in [0.05, 0.1) is 23.6 Å². The third-order valence-electron chi connectivity index (χ3n) is 4.83. The average molecular weight is 321 g/mol. The van der Waals surface area contributed by atoms with E-state index in [0.29, 0.717) is 0 Å². The number of aromatic nitrogens is 2. The number of methoxy groups -OCH3 is 1. The molecule has 1 N–H and O–H groups in total. The molecule has 1 aliphatic rings. The maximum absolute atomic E-state index is 12.4. The minimum absolute atomic E-state index is 0.115. The fraction of sp³-hybridized carbons (Fsp3) is 0.263. The van der Waals surface area contributed by atoms with Gasteiger partial charge in [-0.2, -0.15) is 0 Å². The molecule has 3 aromatic rings. The molecule has 122 valence electrons. The topological polar surface area (TPSA) is 58.2 Å². The quantitative estimate of drug-likeness (QED) is 0.786. The summed E-state index contributed by atoms with van der Waals surface area (Å²) >= 11 is 0. The summed E-state index contributed by atoms with van der Waals surface area (Å²) in [5.41, 5.74) is 4.29. The number of imidazole rings is 1. The van der Waals surface area contributed by atoms with Crippen molar-refractivity contribution >= 4 is 22.6 Å². The number of hydrogen-bond acceptors (Lipinski definition) is 3. The lowest BCUT2D eigenvalue weighted by Gasteiger charge is -2.16. The SMILES string of the molecule is COc1ccc2nc(-c3ccc4c(c3)N(C)C(=O)C4(C)C)[nH]c2c1. The van der Waals surface area contributed by atoms with Crippen LogP contribution >= 0.6 is 0 Å². The predicted molar refractivity (Wildman–Crippen MR) is 94.5 cm³/mol. The average Bonchev–Trinajstić information content (AvgIpc) is 3.08. The summed E-state index contributed by atoms with van der Waals surface area (Å²) in [7, 11) is 3.47. The molecule has 0 saturated heterocycles. The third-order valence-corrected chi connectivity index (χ3v) is 4.83. The van der Waals surface area contributed by atoms with Gasteiger partial charge in [0.25, 0.3) is 0 Å². The van der Waals surface area contributed by atoms with Crippen LogP contribution in [0.2, 0.25) is 0 Å². The van der Waals surface area contributed by atoms with Crippen LogP contribution in [-0.2, 0) is 10.2 Å². The van der Waals surface area contributed by atoms with Gasteiger partial charge in [-0.15, -0.1) is 0 Å². The van der Waals surface area contributed by atoms with Crippen LogP contribution in [0, 0.1) is 0 Å². The fourth-order valence-electron chi connectivity index (χ4n) is 3.38. The molecule has 4 rings (SSSR count). The third kappa shape index (κ3) is 1.94. The molecule has 24 heavy (non-hydrogen) atoms. The highest BCUT2D eigenvalue weighted by molar-refractivity contribution is 6.07. The van der Waals surface area contributed by atoms with Gasteiger partial charge in [0.2, 0.25) is 5.91 Å². The summed E-state index contributed by atoms with van der Waals surface area (Å²) in [6, 6.07) is 11.8. The van der Waals surface area contributed by atoms with Gasteiger partial charge in [-0.05, 0) is 37.6 Å². The number of hydrogen-bond donors (Lipinski definition) is 1. The van der Waals surface area contributed by atoms with E-state index in [-0.39, 0.29) is 5.91 Å². The monoisotopic (exact) mass is 321 g/mol. The molecule has 0 aliphatic carbocycles. The van der Waals surface area contributed by atoms with Crippen LogP contribution in [0.1, 0.15) is 19.4 Å². The van der Waals surface area contributed by atoms with E-state index in [0.717, 1.165) is 39.4 Å². The first-order chi connectivity index (χ1) is 11.4. The Morgan fingerprint density at radius 2 is 1.96 bits per heavy atom. The predicted octanol–water partition coefficient (Wildman–Crippen LogP) is 3.49. The van der Waals surface area contributed by atoms with Crippen molar-refractivity contribution in [1.29, 1.82) is 0 Å². The molecule has 0 bridgehead atoms. The van der Waals surface area contributed by atoms with E-state index in [1.165, 1.54) is 0 Å². The highest BCUT2D eigenvalue weighted by Crippen LogP contribution is 2.42. The van der Waals surface area contributed by atoms with Crippen molar-refractivity contribution in [1.82, 2.24) is 9.97 Å². The standard InChI is InChI=1S/C19H19N3O2/c1-19(2)13-7-5-11(9-16(13)22(3)18(19)23)17-20-14-8-6-12(24-4)10-15(14)21-17/h5-10H,1-4H3,(H,20,21). The Kier molecular flexibility index (Phi) is 2.97. The molecule has 1 amide bonds. The highest BCUT2D eigenvalue weighted by Gasteiger charge is 2.42. The van der Waals surface area contributed by atoms with Gasteiger partial charge >= 0.3 is 0 Å². The Labute approximate surface area is 140 Å². The highest BCUT2D eigenvalue weighted by atomic mass is 16.5. The summed E-state index contributed by atoms with van der Waals surface area (Å²) < 4.78 is 5.25. The fourth-order valence-corrected chi connectivity index (χ4v) is 3.38. The zero-order valence-electron chi connectivity index (χ0n) is 14.2. The number of nitrogens with one attached hydrogen (secondary N) is 1. The lowest BCUT2D eigenvalue weighted by Crippen LogP contribution is -2.33. The minimum atomic E-state index is -0.482. The van der Waals surface area contributed by atoms with Crippen LogP contribution in [0.15, 0.2) is 36.4 Å². The molecule has 2 heterocycles. The number of H-pyrrole nitrogens is 1. The maximum atomic E-state index is 12.4. The van der Waals surface area contributed by atoms with E-state index in [2.05, 4.69) is 9.97 Å². The molecular formula is C19H19N3O2. The van der Waals surface area contributed by atoms with Gasteiger partial charge in [0, 0.05) is 24.4 Å². The number of benzene rings is 2. The van der Waals surface area contributed by atoms with E-state index in [1.54, 1.807) is 12.0 Å². The van der Waals surface area contributed by atoms with Gasteiger partial charge in [0.1, 0.15) is 11.6 Å². The molecule has 0 atom stereocenters. The first-order valence-electron chi connectivity index (χ1n) is 7.88. The number of aromatic amines is 1. The molecular weight excluding hydrogens is 302 g/mol. The number of carbonyl (C=O) groups excluding carboxylic acids is 1. The number of likely N-dealkylation sites (N-methyl/N-ethyl adjacent to an activating group) is 1. The molecule has 5 heteroatoms. The number of anilines is 1. The first kappa shape index (κ1) is 14.8. The van der Waals surface area contributed by atoms with Crippen LogP contribution in [-0.4, -0.2) is 30.0 Å². The van der Waals surface area contributed by atoms with E-state index in [4.69, 9.17) is 4.74 Å². The maximum Gasteiger partial charge on any atom is 0.236 e. The van der Waals surface area contributed by atoms with Gasteiger partial charge < -0.3 is 14.6 Å². The molecule has 1 aliphatic heterocycles. The van der Waals surface area contributed by atoms with Crippen LogP contribution in [0.3, 0.4) is 0 Å². The summed E-state index contributed by atoms with van der Waals surface area (Å²) in [4.78, 5) is 22.1. The van der Waals surface area contributed by atoms with Crippen LogP contribution in [0.4, 0.5) is 5.69 Å². The van der Waals surface area contributed by atoms with Crippen molar-refractivity contribution in [3.05, 3.63) is 42.0 Å². The van der Waals surface area contributed by atoms with Crippen molar-refractivity contribution in [2.75, 3.05) is 19.1 Å². The molecule has 0 saturated carbocycles. The number of ether oxygens (including phenoxy) is 1. The smallest absolute Gasteiger partial charge is 0.236 e. The van der Waals surface area contributed by atoms with Gasteiger partial charge in [-0.1, -0.05) is 12.1 Å². The second-order valence-corrected chi connectivity index (χ2v) is 6.69. The van der Waals surface area contributed by atoms with Crippen molar-refractivity contribution in [2.24, 2.45) is 0 Å². The zero-order valence-corrected chi connectivity index (χ0v) is 14.2. The Bertz CT molecular complexity index is 972. The number of rotatable bonds is 2. The molecule has 2 aromatic carbocycles. The molecule has 1 aromatic heterocycles. The summed E-state index contributed by atoms with van der Waals surface area (Å²) in [5.74, 6) is 1.69. The lowest BCUT2D eigenvalue weighted by atomic mass is 9.86. The van der Waals surface area contributed by atoms with Crippen molar-refractivity contribution < 1.29 is 9.53 Å². The molecule has 0 radical (unpaired) electrons. The lowest BCUT2D eigenvalue weighted by molar-refractivity contribution is -0.121. The number of fused-ring (bicyclic) bond motifs is 2. The second kappa shape index (κ2) is 4.84. The van der Waals surface area contributed by atoms with Gasteiger partial charge in [0.15, 0.2) is 0 Å². The summed E-state index contributed by atoms with van der Waals surface area (Å²) in [6.45, 7) is 3.93. The van der Waals surface area contributed by atoms with Crippen molar-refractivity contribution in [3.63, 3.8) is 0 Å². The van der Waals surface area contributed by atoms with Gasteiger partial charge in [-0.25, -0.2) is 4.98 Å². The zero-order chi connectivity index (χ0) is 17.1. The Hall–Kier alpha value is -2.82. The Morgan fingerprint density at radius 1 is 1.17 bits per heavy atom. The molecule has 5 nitrogen and oxygen atoms in total. The normalized spacial score (nSPS) is 15.8. The first-order valence-corrected chi connectivity index (χ1v) is 7.88. The van der Waals surface area contributed by atoms with Crippen LogP contribution < -0.4 is 9.64 Å². The van der Waals surface area contributed by atoms with Crippen LogP contribution in [0.25, 0.3) is 22.4 Å². The van der Waals surface area contributed by atoms with E-state index in [1.807, 2.05) is 57.3 Å². The Morgan fingerprint density at radius 3 is 2.71 bits per heavy atom. The Balaban J connectivity index is 1.83.